The lowest BCUT2D eigenvalue weighted by atomic mass is 9.83. The van der Waals surface area contributed by atoms with Crippen molar-refractivity contribution in [2.24, 2.45) is 5.41 Å². The van der Waals surface area contributed by atoms with E-state index in [4.69, 9.17) is 4.74 Å². The maximum absolute atomic E-state index is 13.3. The number of aryl methyl sites for hydroxylation is 2. The number of ketones is 1. The molecule has 0 bridgehead atoms. The van der Waals surface area contributed by atoms with Crippen LogP contribution in [0.2, 0.25) is 0 Å². The van der Waals surface area contributed by atoms with Crippen molar-refractivity contribution in [1.82, 2.24) is 15.0 Å². The number of benzene rings is 1. The van der Waals surface area contributed by atoms with Crippen molar-refractivity contribution in [1.29, 1.82) is 0 Å². The Morgan fingerprint density at radius 1 is 1.10 bits per heavy atom. The molecule has 0 radical (unpaired) electrons. The molecule has 0 unspecified atom stereocenters. The summed E-state index contributed by atoms with van der Waals surface area (Å²) in [6.45, 7) is 6.05. The SMILES string of the molecule is Cc1ncc(OC[C@@]2(c3ccccc3)C[C@@]2(C)C(=O)Cc2ccc(F)cn2)c(C)n1. The first kappa shape index (κ1) is 20.1. The van der Waals surface area contributed by atoms with Crippen LogP contribution in [0.3, 0.4) is 0 Å². The molecule has 0 spiro atoms. The smallest absolute Gasteiger partial charge is 0.158 e. The first-order valence-electron chi connectivity index (χ1n) is 9.96. The molecule has 1 aliphatic carbocycles. The van der Waals surface area contributed by atoms with E-state index in [1.54, 1.807) is 12.3 Å². The third-order valence-corrected chi connectivity index (χ3v) is 6.19. The summed E-state index contributed by atoms with van der Waals surface area (Å²) in [5.74, 6) is 0.978. The van der Waals surface area contributed by atoms with Crippen molar-refractivity contribution in [2.45, 2.75) is 39.0 Å². The van der Waals surface area contributed by atoms with E-state index in [2.05, 4.69) is 15.0 Å². The zero-order valence-corrected chi connectivity index (χ0v) is 17.4. The van der Waals surface area contributed by atoms with Gasteiger partial charge in [0, 0.05) is 22.9 Å². The Morgan fingerprint density at radius 3 is 2.53 bits per heavy atom. The molecule has 2 atom stereocenters. The minimum Gasteiger partial charge on any atom is -0.489 e. The molecule has 1 aliphatic rings. The standard InChI is InChI=1S/C24H24FN3O2/c1-16-21(13-26-17(2)28-16)30-15-24(18-7-5-4-6-8-18)14-23(24,3)22(29)11-20-10-9-19(25)12-27-20/h4-10,12-13H,11,14-15H2,1-3H3/t23-,24+/m0/s1. The van der Waals surface area contributed by atoms with Crippen molar-refractivity contribution >= 4 is 5.78 Å². The van der Waals surface area contributed by atoms with Crippen molar-refractivity contribution in [3.8, 4) is 5.75 Å². The number of hydrogen-bond acceptors (Lipinski definition) is 5. The summed E-state index contributed by atoms with van der Waals surface area (Å²) in [5, 5.41) is 0. The third kappa shape index (κ3) is 3.58. The van der Waals surface area contributed by atoms with Crippen molar-refractivity contribution in [3.63, 3.8) is 0 Å². The molecule has 2 aromatic heterocycles. The van der Waals surface area contributed by atoms with Gasteiger partial charge in [0.2, 0.25) is 0 Å². The number of rotatable bonds is 7. The van der Waals surface area contributed by atoms with Crippen LogP contribution in [0.5, 0.6) is 5.75 Å². The van der Waals surface area contributed by atoms with Crippen LogP contribution in [-0.4, -0.2) is 27.3 Å². The third-order valence-electron chi connectivity index (χ3n) is 6.19. The van der Waals surface area contributed by atoms with Crippen LogP contribution in [0.1, 0.15) is 36.1 Å². The van der Waals surface area contributed by atoms with Gasteiger partial charge >= 0.3 is 0 Å². The molecule has 1 aromatic carbocycles. The Balaban J connectivity index is 1.59. The van der Waals surface area contributed by atoms with E-state index >= 15 is 0 Å². The predicted molar refractivity (Wildman–Crippen MR) is 111 cm³/mol. The van der Waals surface area contributed by atoms with Crippen molar-refractivity contribution < 1.29 is 13.9 Å². The molecular weight excluding hydrogens is 381 g/mol. The van der Waals surface area contributed by atoms with E-state index in [0.29, 0.717) is 30.3 Å². The fourth-order valence-corrected chi connectivity index (χ4v) is 4.18. The van der Waals surface area contributed by atoms with Gasteiger partial charge in [-0.05, 0) is 38.0 Å². The number of halogens is 1. The Labute approximate surface area is 175 Å². The first-order chi connectivity index (χ1) is 14.3. The fraction of sp³-hybridized carbons (Fsp3) is 0.333. The zero-order chi connectivity index (χ0) is 21.4. The molecule has 154 valence electrons. The molecule has 0 saturated heterocycles. The van der Waals surface area contributed by atoms with Crippen LogP contribution in [0, 0.1) is 25.1 Å². The van der Waals surface area contributed by atoms with Gasteiger partial charge in [0.15, 0.2) is 5.75 Å². The Hall–Kier alpha value is -3.15. The molecule has 5 nitrogen and oxygen atoms in total. The number of aromatic nitrogens is 3. The number of carbonyl (C=O) groups excluding carboxylic acids is 1. The normalized spacial score (nSPS) is 22.5. The van der Waals surface area contributed by atoms with Crippen LogP contribution in [0.4, 0.5) is 4.39 Å². The number of ether oxygens (including phenoxy) is 1. The molecule has 6 heteroatoms. The second-order valence-electron chi connectivity index (χ2n) is 8.18. The summed E-state index contributed by atoms with van der Waals surface area (Å²) in [6, 6.07) is 12.9. The molecule has 0 aliphatic heterocycles. The highest BCUT2D eigenvalue weighted by molar-refractivity contribution is 5.92. The van der Waals surface area contributed by atoms with Gasteiger partial charge in [0.1, 0.15) is 17.4 Å². The lowest BCUT2D eigenvalue weighted by Gasteiger charge is -2.23. The molecule has 30 heavy (non-hydrogen) atoms. The van der Waals surface area contributed by atoms with Gasteiger partial charge in [-0.3, -0.25) is 9.78 Å². The lowest BCUT2D eigenvalue weighted by Crippen LogP contribution is -2.31. The van der Waals surface area contributed by atoms with Gasteiger partial charge in [-0.2, -0.15) is 0 Å². The quantitative estimate of drug-likeness (QED) is 0.590. The van der Waals surface area contributed by atoms with Crippen molar-refractivity contribution in [2.75, 3.05) is 6.61 Å². The van der Waals surface area contributed by atoms with E-state index in [1.165, 1.54) is 6.07 Å². The minimum absolute atomic E-state index is 0.0749. The number of pyridine rings is 1. The average molecular weight is 405 g/mol. The fourth-order valence-electron chi connectivity index (χ4n) is 4.18. The van der Waals surface area contributed by atoms with Gasteiger partial charge < -0.3 is 4.74 Å². The maximum atomic E-state index is 13.3. The van der Waals surface area contributed by atoms with Gasteiger partial charge in [-0.25, -0.2) is 14.4 Å². The summed E-state index contributed by atoms with van der Waals surface area (Å²) >= 11 is 0. The van der Waals surface area contributed by atoms with E-state index in [-0.39, 0.29) is 12.2 Å². The largest absolute Gasteiger partial charge is 0.489 e. The van der Waals surface area contributed by atoms with Crippen LogP contribution in [0.15, 0.2) is 54.9 Å². The van der Waals surface area contributed by atoms with Crippen molar-refractivity contribution in [3.05, 3.63) is 83.5 Å². The van der Waals surface area contributed by atoms with Gasteiger partial charge in [-0.15, -0.1) is 0 Å². The summed E-state index contributed by atoms with van der Waals surface area (Å²) in [7, 11) is 0. The monoisotopic (exact) mass is 405 g/mol. The van der Waals surface area contributed by atoms with E-state index in [9.17, 15) is 9.18 Å². The van der Waals surface area contributed by atoms with Crippen LogP contribution in [-0.2, 0) is 16.6 Å². The Bertz CT molecular complexity index is 1070. The Kier molecular flexibility index (Phi) is 5.10. The summed E-state index contributed by atoms with van der Waals surface area (Å²) in [5.41, 5.74) is 1.38. The topological polar surface area (TPSA) is 65.0 Å². The molecule has 2 heterocycles. The highest BCUT2D eigenvalue weighted by atomic mass is 19.1. The second-order valence-corrected chi connectivity index (χ2v) is 8.18. The number of nitrogens with zero attached hydrogens (tertiary/aromatic N) is 3. The summed E-state index contributed by atoms with van der Waals surface area (Å²) in [6.07, 6.45) is 3.67. The van der Waals surface area contributed by atoms with Crippen LogP contribution in [0.25, 0.3) is 0 Å². The highest BCUT2D eigenvalue weighted by Crippen LogP contribution is 2.65. The molecule has 4 rings (SSSR count). The molecule has 0 N–H and O–H groups in total. The van der Waals surface area contributed by atoms with Gasteiger partial charge in [0.25, 0.3) is 0 Å². The van der Waals surface area contributed by atoms with Crippen LogP contribution >= 0.6 is 0 Å². The minimum atomic E-state index is -0.593. The van der Waals surface area contributed by atoms with E-state index in [0.717, 1.165) is 17.5 Å². The highest BCUT2D eigenvalue weighted by Gasteiger charge is 2.69. The number of hydrogen-bond donors (Lipinski definition) is 0. The maximum Gasteiger partial charge on any atom is 0.158 e. The predicted octanol–water partition coefficient (Wildman–Crippen LogP) is 4.17. The molecule has 1 saturated carbocycles. The zero-order valence-electron chi connectivity index (χ0n) is 17.4. The number of Topliss-reactive ketones (excluding diaryl/α,β-unsaturated/α-hetero) is 1. The van der Waals surface area contributed by atoms with Gasteiger partial charge in [0.05, 0.1) is 24.7 Å². The summed E-state index contributed by atoms with van der Waals surface area (Å²) in [4.78, 5) is 25.9. The summed E-state index contributed by atoms with van der Waals surface area (Å²) < 4.78 is 19.3. The lowest BCUT2D eigenvalue weighted by molar-refractivity contribution is -0.123. The van der Waals surface area contributed by atoms with E-state index < -0.39 is 16.6 Å². The molecule has 1 fully saturated rings. The molecular formula is C24H24FN3O2. The molecule has 0 amide bonds. The Morgan fingerprint density at radius 2 is 1.87 bits per heavy atom. The van der Waals surface area contributed by atoms with E-state index in [1.807, 2.05) is 51.1 Å². The molecule has 3 aromatic rings. The first-order valence-corrected chi connectivity index (χ1v) is 9.96. The number of carbonyl (C=O) groups is 1. The average Bonchev–Trinajstić information content (AvgIpc) is 3.37. The second kappa shape index (κ2) is 7.59. The van der Waals surface area contributed by atoms with Crippen LogP contribution < -0.4 is 4.74 Å². The van der Waals surface area contributed by atoms with Gasteiger partial charge in [-0.1, -0.05) is 37.3 Å².